The topological polar surface area (TPSA) is 40.5 Å². The van der Waals surface area contributed by atoms with Gasteiger partial charge in [0.05, 0.1) is 9.83 Å². The normalized spacial score (nSPS) is 19.9. The highest BCUT2D eigenvalue weighted by Crippen LogP contribution is 2.42. The number of hydrogen-bond donors (Lipinski definition) is 1. The zero-order valence-corrected chi connectivity index (χ0v) is 15.9. The molecule has 0 amide bonds. The molecule has 1 fully saturated rings. The van der Waals surface area contributed by atoms with Gasteiger partial charge >= 0.3 is 5.97 Å². The highest BCUT2D eigenvalue weighted by atomic mass is 79.9. The molecule has 23 heavy (non-hydrogen) atoms. The fraction of sp³-hybridized carbons (Fsp3) is 0.312. The van der Waals surface area contributed by atoms with Crippen LogP contribution in [0.2, 0.25) is 10.0 Å². The van der Waals surface area contributed by atoms with Gasteiger partial charge in [-0.1, -0.05) is 29.3 Å². The lowest BCUT2D eigenvalue weighted by Gasteiger charge is -2.31. The fourth-order valence-corrected chi connectivity index (χ4v) is 5.13. The molecule has 1 aromatic carbocycles. The summed E-state index contributed by atoms with van der Waals surface area (Å²) in [6.45, 7) is 0.732. The number of thiophene rings is 1. The van der Waals surface area contributed by atoms with E-state index < -0.39 is 12.0 Å². The van der Waals surface area contributed by atoms with Gasteiger partial charge in [-0.05, 0) is 58.6 Å². The molecule has 0 aliphatic carbocycles. The Balaban J connectivity index is 2.09. The van der Waals surface area contributed by atoms with Crippen LogP contribution in [0.25, 0.3) is 0 Å². The van der Waals surface area contributed by atoms with Gasteiger partial charge < -0.3 is 5.11 Å². The zero-order chi connectivity index (χ0) is 16.6. The van der Waals surface area contributed by atoms with Gasteiger partial charge in [-0.25, -0.2) is 0 Å². The Hall–Kier alpha value is -0.590. The molecule has 2 unspecified atom stereocenters. The number of rotatable bonds is 4. The first-order chi connectivity index (χ1) is 11.0. The number of hydrogen-bond acceptors (Lipinski definition) is 3. The van der Waals surface area contributed by atoms with E-state index in [1.807, 2.05) is 23.1 Å². The molecule has 0 spiro atoms. The first-order valence-electron chi connectivity index (χ1n) is 7.16. The maximum absolute atomic E-state index is 11.6. The molecular formula is C16H14BrCl2NO2S. The Bertz CT molecular complexity index is 737. The summed E-state index contributed by atoms with van der Waals surface area (Å²) >= 11 is 17.5. The zero-order valence-electron chi connectivity index (χ0n) is 12.0. The summed E-state index contributed by atoms with van der Waals surface area (Å²) < 4.78 is 1.01. The number of halogens is 3. The van der Waals surface area contributed by atoms with Gasteiger partial charge in [0.2, 0.25) is 0 Å². The van der Waals surface area contributed by atoms with Crippen LogP contribution >= 0.6 is 50.5 Å². The summed E-state index contributed by atoms with van der Waals surface area (Å²) in [5.41, 5.74) is 0.888. The van der Waals surface area contributed by atoms with Gasteiger partial charge in [-0.15, -0.1) is 11.3 Å². The van der Waals surface area contributed by atoms with Crippen molar-refractivity contribution in [2.75, 3.05) is 6.54 Å². The van der Waals surface area contributed by atoms with Crippen LogP contribution in [-0.2, 0) is 4.79 Å². The van der Waals surface area contributed by atoms with Crippen molar-refractivity contribution in [1.82, 2.24) is 4.90 Å². The van der Waals surface area contributed by atoms with E-state index in [9.17, 15) is 9.90 Å². The maximum atomic E-state index is 11.6. The number of carboxylic acids is 1. The SMILES string of the molecule is O=C(O)C1CCCN1C(c1ccc(Br)s1)c1ccc(Cl)cc1Cl. The Kier molecular flexibility index (Phi) is 5.33. The molecule has 3 rings (SSSR count). The second-order valence-electron chi connectivity index (χ2n) is 5.44. The molecule has 0 radical (unpaired) electrons. The van der Waals surface area contributed by atoms with Gasteiger partial charge in [-0.2, -0.15) is 0 Å². The lowest BCUT2D eigenvalue weighted by atomic mass is 10.0. The van der Waals surface area contributed by atoms with Crippen molar-refractivity contribution in [2.45, 2.75) is 24.9 Å². The second kappa shape index (κ2) is 7.11. The van der Waals surface area contributed by atoms with Crippen LogP contribution in [0.3, 0.4) is 0 Å². The van der Waals surface area contributed by atoms with E-state index >= 15 is 0 Å². The van der Waals surface area contributed by atoms with E-state index in [1.54, 1.807) is 23.5 Å². The number of benzene rings is 1. The van der Waals surface area contributed by atoms with E-state index in [-0.39, 0.29) is 6.04 Å². The third-order valence-electron chi connectivity index (χ3n) is 4.03. The molecule has 1 aliphatic rings. The molecule has 1 aromatic heterocycles. The number of likely N-dealkylation sites (tertiary alicyclic amines) is 1. The predicted octanol–water partition coefficient (Wildman–Crippen LogP) is 5.46. The van der Waals surface area contributed by atoms with Gasteiger partial charge in [0.1, 0.15) is 6.04 Å². The van der Waals surface area contributed by atoms with E-state index in [2.05, 4.69) is 15.9 Å². The number of carbonyl (C=O) groups is 1. The van der Waals surface area contributed by atoms with Crippen molar-refractivity contribution in [1.29, 1.82) is 0 Å². The average Bonchev–Trinajstić information content (AvgIpc) is 3.11. The van der Waals surface area contributed by atoms with E-state index in [0.29, 0.717) is 16.5 Å². The van der Waals surface area contributed by atoms with Gasteiger partial charge in [0.25, 0.3) is 0 Å². The lowest BCUT2D eigenvalue weighted by molar-refractivity contribution is -0.142. The minimum absolute atomic E-state index is 0.181. The highest BCUT2D eigenvalue weighted by molar-refractivity contribution is 9.11. The maximum Gasteiger partial charge on any atom is 0.320 e. The minimum Gasteiger partial charge on any atom is -0.480 e. The molecule has 1 aliphatic heterocycles. The Morgan fingerprint density at radius 1 is 1.35 bits per heavy atom. The third-order valence-corrected chi connectivity index (χ3v) is 6.27. The smallest absolute Gasteiger partial charge is 0.320 e. The Morgan fingerprint density at radius 2 is 2.13 bits per heavy atom. The third kappa shape index (κ3) is 3.59. The quantitative estimate of drug-likeness (QED) is 0.694. The minimum atomic E-state index is -0.784. The number of carboxylic acid groups (broad SMARTS) is 1. The van der Waals surface area contributed by atoms with Gasteiger partial charge in [0, 0.05) is 21.5 Å². The van der Waals surface area contributed by atoms with Crippen LogP contribution in [-0.4, -0.2) is 28.6 Å². The van der Waals surface area contributed by atoms with Crippen LogP contribution in [0.4, 0.5) is 0 Å². The summed E-state index contributed by atoms with van der Waals surface area (Å²) in [7, 11) is 0. The van der Waals surface area contributed by atoms with Crippen LogP contribution in [0.15, 0.2) is 34.1 Å². The van der Waals surface area contributed by atoms with Crippen molar-refractivity contribution in [3.8, 4) is 0 Å². The molecule has 1 saturated heterocycles. The molecular weight excluding hydrogens is 421 g/mol. The van der Waals surface area contributed by atoms with E-state index in [4.69, 9.17) is 23.2 Å². The molecule has 2 aromatic rings. The van der Waals surface area contributed by atoms with Gasteiger partial charge in [0.15, 0.2) is 0 Å². The fourth-order valence-electron chi connectivity index (χ4n) is 3.06. The second-order valence-corrected chi connectivity index (χ2v) is 8.78. The first-order valence-corrected chi connectivity index (χ1v) is 9.52. The van der Waals surface area contributed by atoms with E-state index in [1.165, 1.54) is 0 Å². The molecule has 2 atom stereocenters. The molecule has 2 heterocycles. The van der Waals surface area contributed by atoms with Crippen molar-refractivity contribution in [2.24, 2.45) is 0 Å². The molecule has 0 saturated carbocycles. The van der Waals surface area contributed by atoms with Crippen molar-refractivity contribution in [3.63, 3.8) is 0 Å². The van der Waals surface area contributed by atoms with Crippen molar-refractivity contribution >= 4 is 56.4 Å². The molecule has 3 nitrogen and oxygen atoms in total. The monoisotopic (exact) mass is 433 g/mol. The Morgan fingerprint density at radius 3 is 2.74 bits per heavy atom. The molecule has 0 bridgehead atoms. The molecule has 122 valence electrons. The largest absolute Gasteiger partial charge is 0.480 e. The highest BCUT2D eigenvalue weighted by Gasteiger charge is 2.38. The molecule has 7 heteroatoms. The summed E-state index contributed by atoms with van der Waals surface area (Å²) in [5, 5.41) is 10.7. The molecule has 1 N–H and O–H groups in total. The van der Waals surface area contributed by atoms with Crippen LogP contribution in [0.1, 0.15) is 29.3 Å². The summed E-state index contributed by atoms with van der Waals surface area (Å²) in [4.78, 5) is 14.7. The number of aliphatic carboxylic acids is 1. The van der Waals surface area contributed by atoms with Crippen LogP contribution < -0.4 is 0 Å². The van der Waals surface area contributed by atoms with Crippen LogP contribution in [0.5, 0.6) is 0 Å². The summed E-state index contributed by atoms with van der Waals surface area (Å²) in [6.07, 6.45) is 1.52. The standard InChI is InChI=1S/C16H14BrCl2NO2S/c17-14-6-5-13(23-14)15(10-4-3-9(18)8-11(10)19)20-7-1-2-12(20)16(21)22/h3-6,8,12,15H,1-2,7H2,(H,21,22). The predicted molar refractivity (Wildman–Crippen MR) is 97.7 cm³/mol. The summed E-state index contributed by atoms with van der Waals surface area (Å²) in [6, 6.07) is 8.71. The van der Waals surface area contributed by atoms with E-state index in [0.717, 1.165) is 27.2 Å². The average molecular weight is 435 g/mol. The summed E-state index contributed by atoms with van der Waals surface area (Å²) in [5.74, 6) is -0.784. The number of nitrogens with zero attached hydrogens (tertiary/aromatic N) is 1. The Labute approximate surface area is 157 Å². The van der Waals surface area contributed by atoms with Crippen molar-refractivity contribution in [3.05, 3.63) is 54.6 Å². The van der Waals surface area contributed by atoms with Crippen LogP contribution in [0, 0.1) is 0 Å². The van der Waals surface area contributed by atoms with Crippen molar-refractivity contribution < 1.29 is 9.90 Å². The van der Waals surface area contributed by atoms with Gasteiger partial charge in [-0.3, -0.25) is 9.69 Å². The first kappa shape index (κ1) is 17.2. The lowest BCUT2D eigenvalue weighted by Crippen LogP contribution is -2.39.